The van der Waals surface area contributed by atoms with Gasteiger partial charge in [0.05, 0.1) is 0 Å². The Balaban J connectivity index is 2.67. The molecule has 1 rings (SSSR count). The van der Waals surface area contributed by atoms with E-state index in [1.165, 1.54) is 0 Å². The average molecular weight is 247 g/mol. The third kappa shape index (κ3) is 3.99. The minimum Gasteiger partial charge on any atom is -0.315 e. The van der Waals surface area contributed by atoms with Crippen molar-refractivity contribution in [3.05, 3.63) is 29.8 Å². The Bertz CT molecular complexity index is 440. The van der Waals surface area contributed by atoms with Crippen LogP contribution in [0.15, 0.2) is 24.3 Å². The van der Waals surface area contributed by atoms with E-state index in [0.717, 1.165) is 11.3 Å². The quantitative estimate of drug-likeness (QED) is 0.802. The second-order valence-corrected chi connectivity index (χ2v) is 4.95. The van der Waals surface area contributed by atoms with Gasteiger partial charge in [0.1, 0.15) is 5.78 Å². The lowest BCUT2D eigenvalue weighted by atomic mass is 10.0. The number of amides is 1. The molecule has 0 radical (unpaired) electrons. The second kappa shape index (κ2) is 6.34. The van der Waals surface area contributed by atoms with Crippen LogP contribution in [0.5, 0.6) is 0 Å². The molecule has 1 atom stereocenters. The van der Waals surface area contributed by atoms with Crippen molar-refractivity contribution < 1.29 is 9.59 Å². The van der Waals surface area contributed by atoms with Crippen molar-refractivity contribution in [2.75, 3.05) is 11.9 Å². The van der Waals surface area contributed by atoms with Crippen molar-refractivity contribution in [1.82, 2.24) is 0 Å². The van der Waals surface area contributed by atoms with Gasteiger partial charge in [0.25, 0.3) is 0 Å². The predicted molar refractivity (Wildman–Crippen MR) is 73.7 cm³/mol. The maximum absolute atomic E-state index is 12.1. The van der Waals surface area contributed by atoms with Gasteiger partial charge in [-0.15, -0.1) is 0 Å². The van der Waals surface area contributed by atoms with E-state index in [0.29, 0.717) is 12.8 Å². The van der Waals surface area contributed by atoms with Gasteiger partial charge in [0.15, 0.2) is 0 Å². The van der Waals surface area contributed by atoms with E-state index >= 15 is 0 Å². The summed E-state index contributed by atoms with van der Waals surface area (Å²) < 4.78 is 0. The fourth-order valence-electron chi connectivity index (χ4n) is 2.07. The van der Waals surface area contributed by atoms with Crippen molar-refractivity contribution in [3.8, 4) is 0 Å². The molecule has 1 aromatic rings. The van der Waals surface area contributed by atoms with Crippen molar-refractivity contribution in [2.24, 2.45) is 5.92 Å². The van der Waals surface area contributed by atoms with Gasteiger partial charge in [-0.25, -0.2) is 0 Å². The van der Waals surface area contributed by atoms with Crippen LogP contribution in [0.4, 0.5) is 5.69 Å². The lowest BCUT2D eigenvalue weighted by molar-refractivity contribution is -0.120. The summed E-state index contributed by atoms with van der Waals surface area (Å²) in [5, 5.41) is 0. The van der Waals surface area contributed by atoms with E-state index in [1.54, 1.807) is 18.9 Å². The number of para-hydroxylation sites is 1. The minimum absolute atomic E-state index is 0.0538. The Labute approximate surface area is 109 Å². The number of nitrogens with zero attached hydrogens (tertiary/aromatic N) is 1. The fourth-order valence-corrected chi connectivity index (χ4v) is 2.07. The Morgan fingerprint density at radius 2 is 1.83 bits per heavy atom. The number of hydrogen-bond acceptors (Lipinski definition) is 2. The molecule has 0 aliphatic rings. The van der Waals surface area contributed by atoms with Gasteiger partial charge in [-0.1, -0.05) is 25.1 Å². The van der Waals surface area contributed by atoms with E-state index in [-0.39, 0.29) is 17.6 Å². The van der Waals surface area contributed by atoms with Crippen LogP contribution in [0.1, 0.15) is 32.3 Å². The van der Waals surface area contributed by atoms with Gasteiger partial charge in [-0.2, -0.15) is 0 Å². The Hall–Kier alpha value is -1.64. The van der Waals surface area contributed by atoms with Crippen LogP contribution >= 0.6 is 0 Å². The summed E-state index contributed by atoms with van der Waals surface area (Å²) in [5.74, 6) is 0.286. The average Bonchev–Trinajstić information content (AvgIpc) is 2.27. The van der Waals surface area contributed by atoms with Gasteiger partial charge in [-0.05, 0) is 31.4 Å². The third-order valence-corrected chi connectivity index (χ3v) is 3.01. The minimum atomic E-state index is 0.0538. The molecular formula is C15H21NO2. The highest BCUT2D eigenvalue weighted by atomic mass is 16.2. The molecule has 3 heteroatoms. The Kier molecular flexibility index (Phi) is 5.08. The highest BCUT2D eigenvalue weighted by Crippen LogP contribution is 2.20. The van der Waals surface area contributed by atoms with Crippen molar-refractivity contribution >= 4 is 17.4 Å². The summed E-state index contributed by atoms with van der Waals surface area (Å²) in [6, 6.07) is 7.79. The molecule has 0 N–H and O–H groups in total. The van der Waals surface area contributed by atoms with Crippen LogP contribution in [-0.4, -0.2) is 18.7 Å². The Morgan fingerprint density at radius 3 is 2.39 bits per heavy atom. The van der Waals surface area contributed by atoms with Crippen LogP contribution in [0.25, 0.3) is 0 Å². The molecule has 0 heterocycles. The number of benzene rings is 1. The second-order valence-electron chi connectivity index (χ2n) is 4.95. The summed E-state index contributed by atoms with van der Waals surface area (Å²) in [7, 11) is 1.78. The molecule has 0 spiro atoms. The lowest BCUT2D eigenvalue weighted by Crippen LogP contribution is -2.28. The largest absolute Gasteiger partial charge is 0.315 e. The van der Waals surface area contributed by atoms with Gasteiger partial charge in [0, 0.05) is 25.6 Å². The molecule has 0 aromatic heterocycles. The van der Waals surface area contributed by atoms with Crippen molar-refractivity contribution in [1.29, 1.82) is 0 Å². The highest BCUT2D eigenvalue weighted by molar-refractivity contribution is 5.93. The van der Waals surface area contributed by atoms with Crippen molar-refractivity contribution in [3.63, 3.8) is 0 Å². The number of hydrogen-bond donors (Lipinski definition) is 0. The number of Topliss-reactive ketones (excluding diaryl/α,β-unsaturated/α-hetero) is 1. The molecule has 1 unspecified atom stereocenters. The van der Waals surface area contributed by atoms with Gasteiger partial charge in [0.2, 0.25) is 5.91 Å². The van der Waals surface area contributed by atoms with Crippen molar-refractivity contribution in [2.45, 2.75) is 33.6 Å². The zero-order chi connectivity index (χ0) is 13.7. The SMILES string of the molecule is CC(=O)CC(C)CC(=O)N(C)c1ccccc1C. The first-order valence-electron chi connectivity index (χ1n) is 6.23. The van der Waals surface area contributed by atoms with Crippen LogP contribution in [0, 0.1) is 12.8 Å². The number of anilines is 1. The zero-order valence-electron chi connectivity index (χ0n) is 11.6. The predicted octanol–water partition coefficient (Wildman–Crippen LogP) is 2.96. The summed E-state index contributed by atoms with van der Waals surface area (Å²) in [4.78, 5) is 24.8. The molecule has 0 saturated carbocycles. The Morgan fingerprint density at radius 1 is 1.22 bits per heavy atom. The normalized spacial score (nSPS) is 12.0. The summed E-state index contributed by atoms with van der Waals surface area (Å²) in [6.45, 7) is 5.48. The van der Waals surface area contributed by atoms with Crippen LogP contribution in [-0.2, 0) is 9.59 Å². The third-order valence-electron chi connectivity index (χ3n) is 3.01. The molecule has 1 aromatic carbocycles. The molecule has 1 amide bonds. The molecule has 0 aliphatic heterocycles. The van der Waals surface area contributed by atoms with E-state index in [4.69, 9.17) is 0 Å². The lowest BCUT2D eigenvalue weighted by Gasteiger charge is -2.21. The molecule has 98 valence electrons. The van der Waals surface area contributed by atoms with E-state index in [2.05, 4.69) is 0 Å². The smallest absolute Gasteiger partial charge is 0.227 e. The molecular weight excluding hydrogens is 226 g/mol. The molecule has 0 aliphatic carbocycles. The topological polar surface area (TPSA) is 37.4 Å². The molecule has 0 fully saturated rings. The summed E-state index contributed by atoms with van der Waals surface area (Å²) in [5.41, 5.74) is 2.00. The van der Waals surface area contributed by atoms with Crippen LogP contribution in [0.3, 0.4) is 0 Å². The van der Waals surface area contributed by atoms with Crippen LogP contribution < -0.4 is 4.90 Å². The number of carbonyl (C=O) groups excluding carboxylic acids is 2. The zero-order valence-corrected chi connectivity index (χ0v) is 11.6. The molecule has 18 heavy (non-hydrogen) atoms. The molecule has 0 saturated heterocycles. The maximum Gasteiger partial charge on any atom is 0.227 e. The molecule has 3 nitrogen and oxygen atoms in total. The highest BCUT2D eigenvalue weighted by Gasteiger charge is 2.16. The summed E-state index contributed by atoms with van der Waals surface area (Å²) >= 11 is 0. The maximum atomic E-state index is 12.1. The first-order chi connectivity index (χ1) is 8.41. The van der Waals surface area contributed by atoms with Gasteiger partial charge < -0.3 is 9.69 Å². The number of carbonyl (C=O) groups is 2. The first-order valence-corrected chi connectivity index (χ1v) is 6.23. The molecule has 0 bridgehead atoms. The number of ketones is 1. The van der Waals surface area contributed by atoms with E-state index in [9.17, 15) is 9.59 Å². The number of rotatable bonds is 5. The van der Waals surface area contributed by atoms with E-state index in [1.807, 2.05) is 38.1 Å². The standard InChI is InChI=1S/C15H21NO2/c1-11(9-13(3)17)10-15(18)16(4)14-8-6-5-7-12(14)2/h5-8,11H,9-10H2,1-4H3. The monoisotopic (exact) mass is 247 g/mol. The fraction of sp³-hybridized carbons (Fsp3) is 0.467. The van der Waals surface area contributed by atoms with Gasteiger partial charge in [-0.3, -0.25) is 4.79 Å². The van der Waals surface area contributed by atoms with E-state index < -0.39 is 0 Å². The van der Waals surface area contributed by atoms with Gasteiger partial charge >= 0.3 is 0 Å². The van der Waals surface area contributed by atoms with Crippen LogP contribution in [0.2, 0.25) is 0 Å². The summed E-state index contributed by atoms with van der Waals surface area (Å²) in [6.07, 6.45) is 0.873. The first kappa shape index (κ1) is 14.4. The number of aryl methyl sites for hydroxylation is 1.